The van der Waals surface area contributed by atoms with Gasteiger partial charge in [0.2, 0.25) is 0 Å². The molecule has 7 nitrogen and oxygen atoms in total. The lowest BCUT2D eigenvalue weighted by molar-refractivity contribution is 0.0117. The van der Waals surface area contributed by atoms with Crippen LogP contribution in [0.4, 0.5) is 10.5 Å². The molecule has 0 spiro atoms. The average molecular weight is 329 g/mol. The lowest BCUT2D eigenvalue weighted by Crippen LogP contribution is -2.48. The van der Waals surface area contributed by atoms with E-state index >= 15 is 0 Å². The van der Waals surface area contributed by atoms with Crippen LogP contribution >= 0.6 is 0 Å². The van der Waals surface area contributed by atoms with E-state index in [1.807, 2.05) is 32.0 Å². The van der Waals surface area contributed by atoms with E-state index in [4.69, 9.17) is 10.5 Å². The second kappa shape index (κ2) is 6.60. The summed E-state index contributed by atoms with van der Waals surface area (Å²) in [6, 6.07) is 5.54. The molecule has 3 rings (SSSR count). The largest absolute Gasteiger partial charge is 0.443 e. The number of amides is 1. The molecule has 0 atom stereocenters. The predicted molar refractivity (Wildman–Crippen MR) is 92.7 cm³/mol. The lowest BCUT2D eigenvalue weighted by atomic mass is 9.99. The molecule has 0 aliphatic carbocycles. The first kappa shape index (κ1) is 16.4. The lowest BCUT2D eigenvalue weighted by Gasteiger charge is -2.32. The molecule has 128 valence electrons. The number of nitrogens with two attached hydrogens (primary N) is 1. The number of carbonyl (C=O) groups excluding carboxylic acids is 1. The maximum atomic E-state index is 12.3. The third-order valence-corrected chi connectivity index (χ3v) is 4.07. The molecule has 0 unspecified atom stereocenters. The Kier molecular flexibility index (Phi) is 4.53. The van der Waals surface area contributed by atoms with Gasteiger partial charge in [-0.25, -0.2) is 14.8 Å². The van der Waals surface area contributed by atoms with Gasteiger partial charge < -0.3 is 20.7 Å². The van der Waals surface area contributed by atoms with E-state index in [0.29, 0.717) is 25.2 Å². The molecule has 0 saturated carbocycles. The highest BCUT2D eigenvalue weighted by molar-refractivity contribution is 5.84. The number of anilines is 1. The number of carbonyl (C=O) groups is 1. The predicted octanol–water partition coefficient (Wildman–Crippen LogP) is 1.57. The van der Waals surface area contributed by atoms with Crippen LogP contribution in [0.3, 0.4) is 0 Å². The number of nitrogens with one attached hydrogen (secondary N) is 1. The summed E-state index contributed by atoms with van der Waals surface area (Å²) in [5.74, 6) is 0. The molecule has 1 saturated heterocycles. The summed E-state index contributed by atoms with van der Waals surface area (Å²) in [5, 5.41) is 4.11. The van der Waals surface area contributed by atoms with Gasteiger partial charge in [-0.1, -0.05) is 0 Å². The Morgan fingerprint density at radius 2 is 2.08 bits per heavy atom. The van der Waals surface area contributed by atoms with Crippen molar-refractivity contribution in [2.24, 2.45) is 0 Å². The molecular formula is C17H23N5O2. The molecule has 1 aromatic heterocycles. The van der Waals surface area contributed by atoms with Crippen molar-refractivity contribution >= 4 is 22.7 Å². The summed E-state index contributed by atoms with van der Waals surface area (Å²) in [6.45, 7) is 6.72. The normalized spacial score (nSPS) is 15.5. The Hall–Kier alpha value is -2.41. The number of ether oxygens (including phenoxy) is 1. The molecule has 2 aromatic rings. The second-order valence-corrected chi connectivity index (χ2v) is 6.64. The second-order valence-electron chi connectivity index (χ2n) is 6.64. The summed E-state index contributed by atoms with van der Waals surface area (Å²) in [7, 11) is 0. The van der Waals surface area contributed by atoms with E-state index in [0.717, 1.165) is 29.7 Å². The van der Waals surface area contributed by atoms with E-state index < -0.39 is 5.60 Å². The molecule has 24 heavy (non-hydrogen) atoms. The fourth-order valence-corrected chi connectivity index (χ4v) is 2.86. The molecular weight excluding hydrogens is 306 g/mol. The van der Waals surface area contributed by atoms with E-state index in [-0.39, 0.29) is 6.09 Å². The number of aromatic nitrogens is 2. The molecule has 1 aliphatic rings. The summed E-state index contributed by atoms with van der Waals surface area (Å²) < 4.78 is 5.73. The topological polar surface area (TPSA) is 93.4 Å². The van der Waals surface area contributed by atoms with E-state index in [2.05, 4.69) is 15.3 Å². The van der Waals surface area contributed by atoms with Gasteiger partial charge in [0.1, 0.15) is 11.9 Å². The first-order valence-electron chi connectivity index (χ1n) is 8.12. The number of piperazine rings is 1. The molecule has 7 heteroatoms. The number of nitrogens with zero attached hydrogens (tertiary/aromatic N) is 3. The van der Waals surface area contributed by atoms with E-state index in [9.17, 15) is 4.79 Å². The van der Waals surface area contributed by atoms with Gasteiger partial charge in [-0.05, 0) is 32.0 Å². The maximum absolute atomic E-state index is 12.3. The van der Waals surface area contributed by atoms with Crippen LogP contribution in [0.15, 0.2) is 24.5 Å². The standard InChI is InChI=1S/C17H23N5O2/c1-17(2,24-16(23)22-7-5-19-6-8-22)10-15-13-9-12(18)3-4-14(13)20-11-21-15/h3-4,9,11,19H,5-8,10,18H2,1-2H3. The van der Waals surface area contributed by atoms with Crippen molar-refractivity contribution in [3.8, 4) is 0 Å². The molecule has 1 aliphatic heterocycles. The minimum Gasteiger partial charge on any atom is -0.443 e. The number of hydrogen-bond donors (Lipinski definition) is 2. The van der Waals surface area contributed by atoms with Gasteiger partial charge in [0.05, 0.1) is 11.2 Å². The molecule has 1 fully saturated rings. The van der Waals surface area contributed by atoms with Gasteiger partial charge in [-0.15, -0.1) is 0 Å². The third-order valence-electron chi connectivity index (χ3n) is 4.07. The Balaban J connectivity index is 1.76. The van der Waals surface area contributed by atoms with Gasteiger partial charge in [0.15, 0.2) is 0 Å². The van der Waals surface area contributed by atoms with Crippen molar-refractivity contribution in [3.63, 3.8) is 0 Å². The summed E-state index contributed by atoms with van der Waals surface area (Å²) in [6.07, 6.45) is 1.74. The molecule has 1 aromatic carbocycles. The first-order valence-corrected chi connectivity index (χ1v) is 8.12. The Bertz CT molecular complexity index is 741. The Morgan fingerprint density at radius 1 is 1.33 bits per heavy atom. The highest BCUT2D eigenvalue weighted by Crippen LogP contribution is 2.24. The molecule has 0 bridgehead atoms. The maximum Gasteiger partial charge on any atom is 0.410 e. The minimum atomic E-state index is -0.673. The van der Waals surface area contributed by atoms with Crippen LogP contribution in [0.1, 0.15) is 19.5 Å². The van der Waals surface area contributed by atoms with Crippen molar-refractivity contribution in [2.45, 2.75) is 25.9 Å². The van der Waals surface area contributed by atoms with Gasteiger partial charge >= 0.3 is 6.09 Å². The monoisotopic (exact) mass is 329 g/mol. The van der Waals surface area contributed by atoms with Gasteiger partial charge in [-0.2, -0.15) is 0 Å². The summed E-state index contributed by atoms with van der Waals surface area (Å²) in [5.41, 5.74) is 7.53. The number of fused-ring (bicyclic) bond motifs is 1. The quantitative estimate of drug-likeness (QED) is 0.830. The smallest absolute Gasteiger partial charge is 0.410 e. The van der Waals surface area contributed by atoms with Gasteiger partial charge in [0, 0.05) is 43.7 Å². The zero-order chi connectivity index (χ0) is 17.2. The van der Waals surface area contributed by atoms with Gasteiger partial charge in [-0.3, -0.25) is 0 Å². The molecule has 1 amide bonds. The zero-order valence-corrected chi connectivity index (χ0v) is 14.1. The van der Waals surface area contributed by atoms with E-state index in [1.165, 1.54) is 6.33 Å². The van der Waals surface area contributed by atoms with Crippen LogP contribution in [0.25, 0.3) is 10.9 Å². The molecule has 3 N–H and O–H groups in total. The molecule has 2 heterocycles. The fraction of sp³-hybridized carbons (Fsp3) is 0.471. The third kappa shape index (κ3) is 3.73. The van der Waals surface area contributed by atoms with E-state index in [1.54, 1.807) is 4.90 Å². The summed E-state index contributed by atoms with van der Waals surface area (Å²) >= 11 is 0. The number of rotatable bonds is 3. The fourth-order valence-electron chi connectivity index (χ4n) is 2.86. The Labute approximate surface area is 141 Å². The Morgan fingerprint density at radius 3 is 2.83 bits per heavy atom. The zero-order valence-electron chi connectivity index (χ0n) is 14.1. The van der Waals surface area contributed by atoms with Gasteiger partial charge in [0.25, 0.3) is 0 Å². The van der Waals surface area contributed by atoms with Crippen LogP contribution in [0.5, 0.6) is 0 Å². The average Bonchev–Trinajstić information content (AvgIpc) is 2.55. The number of nitrogen functional groups attached to an aromatic ring is 1. The SMILES string of the molecule is CC(C)(Cc1ncnc2ccc(N)cc12)OC(=O)N1CCNCC1. The van der Waals surface area contributed by atoms with Crippen LogP contribution in [-0.2, 0) is 11.2 Å². The first-order chi connectivity index (χ1) is 11.4. The van der Waals surface area contributed by atoms with Crippen molar-refractivity contribution < 1.29 is 9.53 Å². The minimum absolute atomic E-state index is 0.278. The van der Waals surface area contributed by atoms with Crippen molar-refractivity contribution in [2.75, 3.05) is 31.9 Å². The van der Waals surface area contributed by atoms with Crippen molar-refractivity contribution in [3.05, 3.63) is 30.2 Å². The van der Waals surface area contributed by atoms with Crippen LogP contribution < -0.4 is 11.1 Å². The van der Waals surface area contributed by atoms with Crippen LogP contribution in [0, 0.1) is 0 Å². The number of hydrogen-bond acceptors (Lipinski definition) is 6. The highest BCUT2D eigenvalue weighted by Gasteiger charge is 2.28. The van der Waals surface area contributed by atoms with Crippen molar-refractivity contribution in [1.82, 2.24) is 20.2 Å². The van der Waals surface area contributed by atoms with Crippen molar-refractivity contribution in [1.29, 1.82) is 0 Å². The summed E-state index contributed by atoms with van der Waals surface area (Å²) in [4.78, 5) is 22.7. The molecule has 0 radical (unpaired) electrons. The van der Waals surface area contributed by atoms with Crippen LogP contribution in [0.2, 0.25) is 0 Å². The highest BCUT2D eigenvalue weighted by atomic mass is 16.6. The number of benzene rings is 1. The van der Waals surface area contributed by atoms with Crippen LogP contribution in [-0.4, -0.2) is 52.7 Å².